The van der Waals surface area contributed by atoms with Crippen LogP contribution in [0.2, 0.25) is 0 Å². The van der Waals surface area contributed by atoms with E-state index >= 15 is 0 Å². The number of hydrogen-bond acceptors (Lipinski definition) is 5. The van der Waals surface area contributed by atoms with Crippen LogP contribution in [0, 0.1) is 0 Å². The highest BCUT2D eigenvalue weighted by Crippen LogP contribution is 2.14. The van der Waals surface area contributed by atoms with E-state index < -0.39 is 30.2 Å². The number of rotatable bonds is 4. The fourth-order valence-corrected chi connectivity index (χ4v) is 0.683. The van der Waals surface area contributed by atoms with Crippen LogP contribution in [0.15, 0.2) is 0 Å². The van der Waals surface area contributed by atoms with Gasteiger partial charge in [-0.15, -0.1) is 0 Å². The summed E-state index contributed by atoms with van der Waals surface area (Å²) in [6.07, 6.45) is -3.18. The van der Waals surface area contributed by atoms with Crippen LogP contribution in [-0.2, 0) is 4.79 Å². The lowest BCUT2D eigenvalue weighted by Gasteiger charge is -2.28. The highest BCUT2D eigenvalue weighted by Gasteiger charge is 2.39. The molecule has 12 heavy (non-hydrogen) atoms. The summed E-state index contributed by atoms with van der Waals surface area (Å²) in [5.41, 5.74) is -2.01. The second-order valence-electron chi connectivity index (χ2n) is 2.90. The largest absolute Gasteiger partial charge is 0.394 e. The highest BCUT2D eigenvalue weighted by atomic mass is 16.4. The first-order valence-corrected chi connectivity index (χ1v) is 3.54. The Morgan fingerprint density at radius 2 is 1.92 bits per heavy atom. The first-order valence-electron chi connectivity index (χ1n) is 3.54. The molecule has 0 heterocycles. The molecule has 0 unspecified atom stereocenters. The number of carbonyl (C=O) groups is 1. The van der Waals surface area contributed by atoms with E-state index in [1.54, 1.807) is 0 Å². The smallest absolute Gasteiger partial charge is 0.163 e. The fraction of sp³-hybridized carbons (Fsp3) is 0.857. The Morgan fingerprint density at radius 3 is 2.17 bits per heavy atom. The number of hydrogen-bond donors (Lipinski definition) is 4. The average Bonchev–Trinajstić information content (AvgIpc) is 2.01. The van der Waals surface area contributed by atoms with Crippen molar-refractivity contribution in [2.24, 2.45) is 0 Å². The molecule has 0 saturated heterocycles. The number of aliphatic hydroxyl groups is 4. The van der Waals surface area contributed by atoms with Crippen LogP contribution in [-0.4, -0.2) is 50.6 Å². The molecular formula is C7H14O5. The Balaban J connectivity index is 4.44. The summed E-state index contributed by atoms with van der Waals surface area (Å²) < 4.78 is 0. The van der Waals surface area contributed by atoms with Gasteiger partial charge in [-0.2, -0.15) is 0 Å². The van der Waals surface area contributed by atoms with Gasteiger partial charge in [-0.05, 0) is 13.8 Å². The van der Waals surface area contributed by atoms with E-state index in [9.17, 15) is 9.90 Å². The zero-order chi connectivity index (χ0) is 9.94. The first kappa shape index (κ1) is 11.5. The Labute approximate surface area is 70.3 Å². The monoisotopic (exact) mass is 178 g/mol. The molecular weight excluding hydrogens is 164 g/mol. The van der Waals surface area contributed by atoms with Crippen LogP contribution in [0.1, 0.15) is 13.8 Å². The number of carbonyl (C=O) groups excluding carboxylic acids is 1. The van der Waals surface area contributed by atoms with Gasteiger partial charge in [-0.25, -0.2) is 0 Å². The molecule has 0 aliphatic rings. The standard InChI is InChI=1S/C7H14O5/c1-4(9)7(2,12)6(11)5(10)3-8/h5-6,8,10-12H,3H2,1-2H3/t5-,6-,7+/m1/s1. The lowest BCUT2D eigenvalue weighted by atomic mass is 9.91. The van der Waals surface area contributed by atoms with Crippen molar-refractivity contribution < 1.29 is 25.2 Å². The summed E-state index contributed by atoms with van der Waals surface area (Å²) in [6.45, 7) is 1.47. The van der Waals surface area contributed by atoms with Crippen molar-refractivity contribution in [1.82, 2.24) is 0 Å². The summed E-state index contributed by atoms with van der Waals surface area (Å²) in [4.78, 5) is 10.7. The van der Waals surface area contributed by atoms with Crippen molar-refractivity contribution >= 4 is 5.78 Å². The molecule has 5 nitrogen and oxygen atoms in total. The van der Waals surface area contributed by atoms with Crippen LogP contribution in [0.4, 0.5) is 0 Å². The molecule has 0 aliphatic heterocycles. The predicted molar refractivity (Wildman–Crippen MR) is 40.4 cm³/mol. The lowest BCUT2D eigenvalue weighted by molar-refractivity contribution is -0.158. The van der Waals surface area contributed by atoms with Crippen LogP contribution in [0.3, 0.4) is 0 Å². The van der Waals surface area contributed by atoms with E-state index in [-0.39, 0.29) is 0 Å². The summed E-state index contributed by atoms with van der Waals surface area (Å²) in [5, 5.41) is 35.7. The molecule has 0 amide bonds. The molecule has 0 saturated carbocycles. The third kappa shape index (κ3) is 2.25. The molecule has 0 rings (SSSR count). The van der Waals surface area contributed by atoms with Gasteiger partial charge in [0.05, 0.1) is 6.61 Å². The van der Waals surface area contributed by atoms with Crippen molar-refractivity contribution in [2.75, 3.05) is 6.61 Å². The third-order valence-electron chi connectivity index (χ3n) is 1.84. The van der Waals surface area contributed by atoms with Crippen LogP contribution in [0.25, 0.3) is 0 Å². The van der Waals surface area contributed by atoms with Gasteiger partial charge in [0, 0.05) is 0 Å². The molecule has 0 aromatic heterocycles. The van der Waals surface area contributed by atoms with E-state index in [1.807, 2.05) is 0 Å². The highest BCUT2D eigenvalue weighted by molar-refractivity contribution is 5.84. The van der Waals surface area contributed by atoms with Gasteiger partial charge >= 0.3 is 0 Å². The molecule has 0 radical (unpaired) electrons. The zero-order valence-electron chi connectivity index (χ0n) is 7.06. The Kier molecular flexibility index (Phi) is 3.79. The number of ketones is 1. The minimum absolute atomic E-state index is 0.664. The van der Waals surface area contributed by atoms with E-state index in [2.05, 4.69) is 0 Å². The predicted octanol–water partition coefficient (Wildman–Crippen LogP) is -1.96. The maximum Gasteiger partial charge on any atom is 0.163 e. The molecule has 4 N–H and O–H groups in total. The van der Waals surface area contributed by atoms with Gasteiger partial charge in [-0.1, -0.05) is 0 Å². The zero-order valence-corrected chi connectivity index (χ0v) is 7.06. The molecule has 0 fully saturated rings. The Morgan fingerprint density at radius 1 is 1.50 bits per heavy atom. The number of Topliss-reactive ketones (excluding diaryl/α,β-unsaturated/α-hetero) is 1. The molecule has 0 aliphatic carbocycles. The van der Waals surface area contributed by atoms with Gasteiger partial charge < -0.3 is 20.4 Å². The fourth-order valence-electron chi connectivity index (χ4n) is 0.683. The van der Waals surface area contributed by atoms with Gasteiger partial charge in [0.2, 0.25) is 0 Å². The SMILES string of the molecule is CC(=O)[C@](C)(O)[C@H](O)[C@H](O)CO. The maximum absolute atomic E-state index is 10.7. The van der Waals surface area contributed by atoms with Crippen LogP contribution >= 0.6 is 0 Å². The van der Waals surface area contributed by atoms with Gasteiger partial charge in [-0.3, -0.25) is 4.79 Å². The minimum atomic E-state index is -2.01. The molecule has 0 bridgehead atoms. The molecule has 5 heteroatoms. The van der Waals surface area contributed by atoms with Crippen molar-refractivity contribution in [2.45, 2.75) is 31.7 Å². The Hall–Kier alpha value is -0.490. The second kappa shape index (κ2) is 3.95. The molecule has 0 aromatic carbocycles. The van der Waals surface area contributed by atoms with Gasteiger partial charge in [0.25, 0.3) is 0 Å². The second-order valence-corrected chi connectivity index (χ2v) is 2.90. The van der Waals surface area contributed by atoms with Crippen molar-refractivity contribution in [1.29, 1.82) is 0 Å². The van der Waals surface area contributed by atoms with Crippen LogP contribution < -0.4 is 0 Å². The molecule has 0 spiro atoms. The average molecular weight is 178 g/mol. The third-order valence-corrected chi connectivity index (χ3v) is 1.84. The Bertz CT molecular complexity index is 165. The molecule has 0 aromatic rings. The van der Waals surface area contributed by atoms with Crippen molar-refractivity contribution in [3.63, 3.8) is 0 Å². The first-order chi connectivity index (χ1) is 5.34. The molecule has 3 atom stereocenters. The van der Waals surface area contributed by atoms with E-state index in [0.29, 0.717) is 0 Å². The van der Waals surface area contributed by atoms with Crippen molar-refractivity contribution in [3.8, 4) is 0 Å². The summed E-state index contributed by atoms with van der Waals surface area (Å²) in [7, 11) is 0. The summed E-state index contributed by atoms with van der Waals surface area (Å²) >= 11 is 0. The minimum Gasteiger partial charge on any atom is -0.394 e. The lowest BCUT2D eigenvalue weighted by Crippen LogP contribution is -2.52. The van der Waals surface area contributed by atoms with Gasteiger partial charge in [0.15, 0.2) is 5.78 Å². The van der Waals surface area contributed by atoms with E-state index in [4.69, 9.17) is 15.3 Å². The summed E-state index contributed by atoms with van der Waals surface area (Å²) in [5.74, 6) is -0.664. The van der Waals surface area contributed by atoms with Gasteiger partial charge in [0.1, 0.15) is 17.8 Å². The quantitative estimate of drug-likeness (QED) is 0.401. The van der Waals surface area contributed by atoms with E-state index in [0.717, 1.165) is 13.8 Å². The maximum atomic E-state index is 10.7. The van der Waals surface area contributed by atoms with Crippen molar-refractivity contribution in [3.05, 3.63) is 0 Å². The van der Waals surface area contributed by atoms with E-state index in [1.165, 1.54) is 0 Å². The normalized spacial score (nSPS) is 21.2. The number of aliphatic hydroxyl groups excluding tert-OH is 3. The topological polar surface area (TPSA) is 98.0 Å². The van der Waals surface area contributed by atoms with Crippen LogP contribution in [0.5, 0.6) is 0 Å². The molecule has 72 valence electrons. The summed E-state index contributed by atoms with van der Waals surface area (Å²) in [6, 6.07) is 0.